The molecule has 1 aliphatic carbocycles. The van der Waals surface area contributed by atoms with Crippen LogP contribution in [0.25, 0.3) is 0 Å². The third-order valence-electron chi connectivity index (χ3n) is 8.15. The lowest BCUT2D eigenvalue weighted by molar-refractivity contribution is -0.141. The molecule has 2 rings (SSSR count). The Labute approximate surface area is 234 Å². The zero-order chi connectivity index (χ0) is 29.7. The first-order valence-corrected chi connectivity index (χ1v) is 14.1. The standard InChI is InChI=1S/C33H48O6/c1-11-12-24(17-26(34)38-10)27-30(36)28-29(35)22(8)23(9)39-32(28)33(31(27)37,16-15-20(4)5)18-25(21(6)7)14-13-19(2)3/h13,15,22-25,36H,6,11-12,14,16-18H2,1-5,7-10H3/t22-,23-,24+,25-,33-/m1/s1. The van der Waals surface area contributed by atoms with Gasteiger partial charge in [-0.05, 0) is 73.1 Å². The normalized spacial score (nSPS) is 24.4. The van der Waals surface area contributed by atoms with E-state index < -0.39 is 29.3 Å². The number of aliphatic hydroxyl groups excluding tert-OH is 1. The van der Waals surface area contributed by atoms with Gasteiger partial charge in [-0.3, -0.25) is 14.4 Å². The van der Waals surface area contributed by atoms with E-state index in [4.69, 9.17) is 9.47 Å². The summed E-state index contributed by atoms with van der Waals surface area (Å²) in [6, 6.07) is 0. The van der Waals surface area contributed by atoms with Crippen LogP contribution in [0.3, 0.4) is 0 Å². The number of ether oxygens (including phenoxy) is 2. The first-order chi connectivity index (χ1) is 18.2. The minimum Gasteiger partial charge on any atom is -0.507 e. The van der Waals surface area contributed by atoms with Crippen LogP contribution in [0.5, 0.6) is 0 Å². The van der Waals surface area contributed by atoms with Crippen LogP contribution in [0.1, 0.15) is 93.9 Å². The fourth-order valence-electron chi connectivity index (χ4n) is 5.53. The highest BCUT2D eigenvalue weighted by Crippen LogP contribution is 2.54. The van der Waals surface area contributed by atoms with Crippen molar-refractivity contribution in [3.05, 3.63) is 58.1 Å². The van der Waals surface area contributed by atoms with Crippen LogP contribution >= 0.6 is 0 Å². The molecule has 0 fully saturated rings. The fourth-order valence-corrected chi connectivity index (χ4v) is 5.53. The zero-order valence-electron chi connectivity index (χ0n) is 25.4. The van der Waals surface area contributed by atoms with Gasteiger partial charge < -0.3 is 14.6 Å². The maximum absolute atomic E-state index is 14.8. The molecular formula is C33H48O6. The predicted octanol–water partition coefficient (Wildman–Crippen LogP) is 7.52. The first-order valence-electron chi connectivity index (χ1n) is 14.1. The van der Waals surface area contributed by atoms with E-state index in [0.29, 0.717) is 32.1 Å². The number of carbonyl (C=O) groups excluding carboxylic acids is 3. The number of Topliss-reactive ketones (excluding diaryl/α,β-unsaturated/α-hetero) is 2. The molecule has 1 N–H and O–H groups in total. The van der Waals surface area contributed by atoms with Gasteiger partial charge in [-0.15, -0.1) is 0 Å². The maximum atomic E-state index is 14.8. The topological polar surface area (TPSA) is 89.9 Å². The highest BCUT2D eigenvalue weighted by atomic mass is 16.5. The molecule has 6 heteroatoms. The van der Waals surface area contributed by atoms with E-state index in [0.717, 1.165) is 11.1 Å². The second kappa shape index (κ2) is 13.5. The van der Waals surface area contributed by atoms with Crippen LogP contribution < -0.4 is 0 Å². The summed E-state index contributed by atoms with van der Waals surface area (Å²) in [7, 11) is 1.31. The van der Waals surface area contributed by atoms with Gasteiger partial charge in [0.25, 0.3) is 0 Å². The average Bonchev–Trinajstić information content (AvgIpc) is 2.85. The van der Waals surface area contributed by atoms with Crippen molar-refractivity contribution in [2.75, 3.05) is 7.11 Å². The summed E-state index contributed by atoms with van der Waals surface area (Å²) in [6.07, 6.45) is 6.19. The number of ketones is 2. The molecule has 5 atom stereocenters. The van der Waals surface area contributed by atoms with Gasteiger partial charge in [-0.1, -0.05) is 55.7 Å². The van der Waals surface area contributed by atoms with E-state index in [2.05, 4.69) is 12.7 Å². The van der Waals surface area contributed by atoms with Gasteiger partial charge in [-0.25, -0.2) is 0 Å². The molecule has 0 bridgehead atoms. The highest BCUT2D eigenvalue weighted by molar-refractivity contribution is 6.12. The van der Waals surface area contributed by atoms with Crippen molar-refractivity contribution in [3.63, 3.8) is 0 Å². The number of aliphatic hydroxyl groups is 1. The summed E-state index contributed by atoms with van der Waals surface area (Å²) in [5, 5.41) is 11.6. The quantitative estimate of drug-likeness (QED) is 0.203. The molecule has 1 heterocycles. The van der Waals surface area contributed by atoms with Gasteiger partial charge in [0, 0.05) is 11.5 Å². The lowest BCUT2D eigenvalue weighted by atomic mass is 9.61. The Morgan fingerprint density at radius 3 is 2.26 bits per heavy atom. The van der Waals surface area contributed by atoms with Gasteiger partial charge in [0.15, 0.2) is 11.6 Å². The van der Waals surface area contributed by atoms with E-state index in [9.17, 15) is 19.5 Å². The molecular weight excluding hydrogens is 492 g/mol. The summed E-state index contributed by atoms with van der Waals surface area (Å²) in [5.41, 5.74) is 2.14. The molecule has 0 saturated carbocycles. The highest BCUT2D eigenvalue weighted by Gasteiger charge is 2.56. The molecule has 39 heavy (non-hydrogen) atoms. The van der Waals surface area contributed by atoms with Crippen LogP contribution in [-0.2, 0) is 23.9 Å². The van der Waals surface area contributed by atoms with Crippen molar-refractivity contribution in [2.45, 2.75) is 100 Å². The molecule has 0 aromatic carbocycles. The number of methoxy groups -OCH3 is 1. The number of carbonyl (C=O) groups is 3. The lowest BCUT2D eigenvalue weighted by Crippen LogP contribution is -2.48. The van der Waals surface area contributed by atoms with Crippen molar-refractivity contribution in [1.82, 2.24) is 0 Å². The summed E-state index contributed by atoms with van der Waals surface area (Å²) in [6.45, 7) is 19.8. The lowest BCUT2D eigenvalue weighted by Gasteiger charge is -2.45. The molecule has 6 nitrogen and oxygen atoms in total. The van der Waals surface area contributed by atoms with Crippen molar-refractivity contribution < 1.29 is 29.0 Å². The smallest absolute Gasteiger partial charge is 0.306 e. The molecule has 1 aliphatic heterocycles. The Hall–Kier alpha value is -2.89. The van der Waals surface area contributed by atoms with Gasteiger partial charge in [0.2, 0.25) is 0 Å². The summed E-state index contributed by atoms with van der Waals surface area (Å²) in [4.78, 5) is 41.0. The van der Waals surface area contributed by atoms with Crippen molar-refractivity contribution in [1.29, 1.82) is 0 Å². The molecule has 216 valence electrons. The zero-order valence-corrected chi connectivity index (χ0v) is 25.4. The van der Waals surface area contributed by atoms with Crippen molar-refractivity contribution in [2.24, 2.45) is 23.2 Å². The third-order valence-corrected chi connectivity index (χ3v) is 8.15. The third kappa shape index (κ3) is 7.01. The maximum Gasteiger partial charge on any atom is 0.306 e. The van der Waals surface area contributed by atoms with E-state index in [1.165, 1.54) is 12.7 Å². The van der Waals surface area contributed by atoms with Gasteiger partial charge in [-0.2, -0.15) is 0 Å². The molecule has 0 unspecified atom stereocenters. The second-order valence-electron chi connectivity index (χ2n) is 11.9. The van der Waals surface area contributed by atoms with Gasteiger partial charge in [0.1, 0.15) is 17.6 Å². The number of hydrogen-bond acceptors (Lipinski definition) is 6. The van der Waals surface area contributed by atoms with E-state index in [1.807, 2.05) is 54.5 Å². The molecule has 0 aromatic heterocycles. The SMILES string of the molecule is C=C(C)[C@H](CC=C(C)C)C[C@]1(CC=C(C)C)C(=O)C([C@@H](CCC)CC(=O)OC)=C(O)C2=C1O[C@H](C)[C@@H](C)C2=O. The molecule has 0 saturated heterocycles. The van der Waals surface area contributed by atoms with Crippen LogP contribution in [0.4, 0.5) is 0 Å². The Balaban J connectivity index is 2.94. The van der Waals surface area contributed by atoms with Crippen LogP contribution in [-0.4, -0.2) is 35.9 Å². The van der Waals surface area contributed by atoms with Crippen molar-refractivity contribution in [3.8, 4) is 0 Å². The predicted molar refractivity (Wildman–Crippen MR) is 155 cm³/mol. The van der Waals surface area contributed by atoms with E-state index >= 15 is 0 Å². The summed E-state index contributed by atoms with van der Waals surface area (Å²) >= 11 is 0. The van der Waals surface area contributed by atoms with E-state index in [-0.39, 0.29) is 46.6 Å². The van der Waals surface area contributed by atoms with E-state index in [1.54, 1.807) is 6.92 Å². The minimum atomic E-state index is -1.22. The monoisotopic (exact) mass is 540 g/mol. The second-order valence-corrected chi connectivity index (χ2v) is 11.9. The first kappa shape index (κ1) is 32.3. The number of hydrogen-bond donors (Lipinski definition) is 1. The van der Waals surface area contributed by atoms with Gasteiger partial charge in [0.05, 0.1) is 30.4 Å². The Kier molecular flexibility index (Phi) is 11.1. The largest absolute Gasteiger partial charge is 0.507 e. The number of esters is 1. The fraction of sp³-hybridized carbons (Fsp3) is 0.606. The minimum absolute atomic E-state index is 0.0561. The van der Waals surface area contributed by atoms with Gasteiger partial charge >= 0.3 is 5.97 Å². The van der Waals surface area contributed by atoms with Crippen LogP contribution in [0.15, 0.2) is 58.1 Å². The molecule has 0 spiro atoms. The van der Waals surface area contributed by atoms with Crippen molar-refractivity contribution >= 4 is 17.5 Å². The Morgan fingerprint density at radius 2 is 1.74 bits per heavy atom. The molecule has 0 radical (unpaired) electrons. The van der Waals surface area contributed by atoms with Crippen LogP contribution in [0.2, 0.25) is 0 Å². The Morgan fingerprint density at radius 1 is 1.13 bits per heavy atom. The average molecular weight is 541 g/mol. The molecule has 0 aromatic rings. The Bertz CT molecular complexity index is 1110. The molecule has 2 aliphatic rings. The number of allylic oxidation sites excluding steroid dienone is 8. The summed E-state index contributed by atoms with van der Waals surface area (Å²) in [5.74, 6) is -2.21. The summed E-state index contributed by atoms with van der Waals surface area (Å²) < 4.78 is 11.4. The van der Waals surface area contributed by atoms with Crippen LogP contribution in [0, 0.1) is 23.2 Å². The number of rotatable bonds is 12. The molecule has 0 amide bonds.